The highest BCUT2D eigenvalue weighted by atomic mass is 35.5. The number of hydrogen-bond acceptors (Lipinski definition) is 5. The third-order valence-corrected chi connectivity index (χ3v) is 6.16. The number of nitriles is 1. The first kappa shape index (κ1) is 28.6. The quantitative estimate of drug-likeness (QED) is 0.145. The van der Waals surface area contributed by atoms with Crippen LogP contribution in [-0.4, -0.2) is 12.5 Å². The SMILES string of the molecule is CCOc1cc(/C=C(\C#N)C(=O)Nc2ccc(OCc3ccccc3)cc2)cc(Cl)c1OCc1cccc(Cl)c1. The van der Waals surface area contributed by atoms with Crippen LogP contribution >= 0.6 is 23.2 Å². The number of rotatable bonds is 11. The maximum absolute atomic E-state index is 12.9. The van der Waals surface area contributed by atoms with Crippen LogP contribution in [0.4, 0.5) is 5.69 Å². The maximum atomic E-state index is 12.9. The number of benzene rings is 4. The van der Waals surface area contributed by atoms with E-state index in [0.717, 1.165) is 11.1 Å². The Morgan fingerprint density at radius 2 is 1.60 bits per heavy atom. The van der Waals surface area contributed by atoms with Gasteiger partial charge in [0.1, 0.15) is 30.6 Å². The summed E-state index contributed by atoms with van der Waals surface area (Å²) in [4.78, 5) is 12.9. The predicted octanol–water partition coefficient (Wildman–Crippen LogP) is 8.10. The summed E-state index contributed by atoms with van der Waals surface area (Å²) in [5.41, 5.74) is 2.86. The highest BCUT2D eigenvalue weighted by Crippen LogP contribution is 2.38. The molecule has 0 fully saturated rings. The lowest BCUT2D eigenvalue weighted by atomic mass is 10.1. The minimum Gasteiger partial charge on any atom is -0.490 e. The van der Waals surface area contributed by atoms with Gasteiger partial charge in [0.25, 0.3) is 5.91 Å². The first-order valence-corrected chi connectivity index (χ1v) is 13.2. The summed E-state index contributed by atoms with van der Waals surface area (Å²) in [6, 6.07) is 29.3. The van der Waals surface area contributed by atoms with Gasteiger partial charge in [-0.2, -0.15) is 5.26 Å². The largest absolute Gasteiger partial charge is 0.490 e. The van der Waals surface area contributed by atoms with Crippen molar-refractivity contribution in [3.05, 3.63) is 123 Å². The molecule has 0 spiro atoms. The molecule has 0 aliphatic carbocycles. The van der Waals surface area contributed by atoms with Crippen molar-refractivity contribution in [2.45, 2.75) is 20.1 Å². The fraction of sp³-hybridized carbons (Fsp3) is 0.125. The molecule has 4 aromatic carbocycles. The van der Waals surface area contributed by atoms with Crippen molar-refractivity contribution in [3.63, 3.8) is 0 Å². The molecule has 0 saturated heterocycles. The van der Waals surface area contributed by atoms with Gasteiger partial charge in [-0.05, 0) is 78.2 Å². The molecule has 4 aromatic rings. The molecule has 0 unspecified atom stereocenters. The molecule has 1 N–H and O–H groups in total. The van der Waals surface area contributed by atoms with E-state index in [1.165, 1.54) is 6.08 Å². The Morgan fingerprint density at radius 3 is 2.30 bits per heavy atom. The zero-order valence-electron chi connectivity index (χ0n) is 21.7. The van der Waals surface area contributed by atoms with E-state index in [1.807, 2.05) is 55.5 Å². The van der Waals surface area contributed by atoms with Gasteiger partial charge in [-0.1, -0.05) is 65.7 Å². The molecular formula is C32H26Cl2N2O4. The van der Waals surface area contributed by atoms with E-state index in [9.17, 15) is 10.1 Å². The smallest absolute Gasteiger partial charge is 0.266 e. The highest BCUT2D eigenvalue weighted by molar-refractivity contribution is 6.32. The van der Waals surface area contributed by atoms with Gasteiger partial charge in [0.05, 0.1) is 11.6 Å². The maximum Gasteiger partial charge on any atom is 0.266 e. The Morgan fingerprint density at radius 1 is 0.875 bits per heavy atom. The minimum atomic E-state index is -0.559. The summed E-state index contributed by atoms with van der Waals surface area (Å²) >= 11 is 12.6. The fourth-order valence-electron chi connectivity index (χ4n) is 3.75. The Kier molecular flexibility index (Phi) is 10.1. The zero-order valence-corrected chi connectivity index (χ0v) is 23.2. The summed E-state index contributed by atoms with van der Waals surface area (Å²) in [5, 5.41) is 13.3. The second-order valence-electron chi connectivity index (χ2n) is 8.60. The van der Waals surface area contributed by atoms with Crippen molar-refractivity contribution in [2.75, 3.05) is 11.9 Å². The van der Waals surface area contributed by atoms with Crippen molar-refractivity contribution in [3.8, 4) is 23.3 Å². The number of nitrogens with zero attached hydrogens (tertiary/aromatic N) is 1. The number of anilines is 1. The molecule has 0 atom stereocenters. The molecule has 40 heavy (non-hydrogen) atoms. The molecule has 4 rings (SSSR count). The van der Waals surface area contributed by atoms with E-state index in [1.54, 1.807) is 48.5 Å². The average molecular weight is 573 g/mol. The van der Waals surface area contributed by atoms with Gasteiger partial charge < -0.3 is 19.5 Å². The van der Waals surface area contributed by atoms with Crippen LogP contribution in [0.15, 0.2) is 96.6 Å². The van der Waals surface area contributed by atoms with Gasteiger partial charge in [0.15, 0.2) is 11.5 Å². The normalized spacial score (nSPS) is 10.9. The summed E-state index contributed by atoms with van der Waals surface area (Å²) < 4.78 is 17.5. The van der Waals surface area contributed by atoms with Crippen molar-refractivity contribution in [1.29, 1.82) is 5.26 Å². The van der Waals surface area contributed by atoms with Gasteiger partial charge in [0, 0.05) is 10.7 Å². The molecular weight excluding hydrogens is 547 g/mol. The number of nitrogens with one attached hydrogen (secondary N) is 1. The average Bonchev–Trinajstić information content (AvgIpc) is 2.96. The molecule has 0 heterocycles. The number of amides is 1. The van der Waals surface area contributed by atoms with Crippen LogP contribution < -0.4 is 19.5 Å². The molecule has 202 valence electrons. The number of hydrogen-bond donors (Lipinski definition) is 1. The van der Waals surface area contributed by atoms with Crippen LogP contribution in [0, 0.1) is 11.3 Å². The minimum absolute atomic E-state index is 0.101. The molecule has 0 aromatic heterocycles. The van der Waals surface area contributed by atoms with Gasteiger partial charge in [0.2, 0.25) is 0 Å². The van der Waals surface area contributed by atoms with E-state index >= 15 is 0 Å². The van der Waals surface area contributed by atoms with Gasteiger partial charge in [-0.25, -0.2) is 0 Å². The lowest BCUT2D eigenvalue weighted by molar-refractivity contribution is -0.112. The summed E-state index contributed by atoms with van der Waals surface area (Å²) in [6.45, 7) is 2.87. The summed E-state index contributed by atoms with van der Waals surface area (Å²) in [7, 11) is 0. The van der Waals surface area contributed by atoms with Gasteiger partial charge >= 0.3 is 0 Å². The first-order chi connectivity index (χ1) is 19.4. The van der Waals surface area contributed by atoms with E-state index in [-0.39, 0.29) is 17.2 Å². The van der Waals surface area contributed by atoms with E-state index in [2.05, 4.69) is 5.32 Å². The van der Waals surface area contributed by atoms with Crippen LogP contribution in [0.3, 0.4) is 0 Å². The van der Waals surface area contributed by atoms with Crippen molar-refractivity contribution < 1.29 is 19.0 Å². The lowest BCUT2D eigenvalue weighted by Crippen LogP contribution is -2.13. The van der Waals surface area contributed by atoms with Crippen LogP contribution in [0.25, 0.3) is 6.08 Å². The first-order valence-electron chi connectivity index (χ1n) is 12.5. The molecule has 0 saturated carbocycles. The van der Waals surface area contributed by atoms with Crippen LogP contribution in [0.5, 0.6) is 17.2 Å². The van der Waals surface area contributed by atoms with Crippen molar-refractivity contribution >= 4 is 40.9 Å². The van der Waals surface area contributed by atoms with Gasteiger partial charge in [-0.3, -0.25) is 4.79 Å². The van der Waals surface area contributed by atoms with E-state index in [0.29, 0.717) is 46.7 Å². The molecule has 0 radical (unpaired) electrons. The number of carbonyl (C=O) groups excluding carboxylic acids is 1. The Balaban J connectivity index is 1.44. The van der Waals surface area contributed by atoms with E-state index in [4.69, 9.17) is 37.4 Å². The summed E-state index contributed by atoms with van der Waals surface area (Å²) in [6.07, 6.45) is 1.45. The fourth-order valence-corrected chi connectivity index (χ4v) is 4.23. The topological polar surface area (TPSA) is 80.6 Å². The monoisotopic (exact) mass is 572 g/mol. The number of halogens is 2. The molecule has 8 heteroatoms. The molecule has 0 aliphatic heterocycles. The molecule has 0 bridgehead atoms. The Bertz CT molecular complexity index is 1530. The Labute approximate surface area is 243 Å². The van der Waals surface area contributed by atoms with Gasteiger partial charge in [-0.15, -0.1) is 0 Å². The summed E-state index contributed by atoms with van der Waals surface area (Å²) in [5.74, 6) is 0.856. The third-order valence-electron chi connectivity index (χ3n) is 5.64. The second-order valence-corrected chi connectivity index (χ2v) is 9.45. The molecule has 6 nitrogen and oxygen atoms in total. The second kappa shape index (κ2) is 14.1. The zero-order chi connectivity index (χ0) is 28.3. The van der Waals surface area contributed by atoms with E-state index < -0.39 is 5.91 Å². The number of carbonyl (C=O) groups is 1. The lowest BCUT2D eigenvalue weighted by Gasteiger charge is -2.15. The third kappa shape index (κ3) is 8.03. The standard InChI is InChI=1S/C32H26Cl2N2O4/c1-2-38-30-18-24(17-29(34)31(30)40-21-23-9-6-10-26(33)16-23)15-25(19-35)32(37)36-27-11-13-28(14-12-27)39-20-22-7-4-3-5-8-22/h3-18H,2,20-21H2,1H3,(H,36,37)/b25-15+. The van der Waals surface area contributed by atoms with Crippen molar-refractivity contribution in [1.82, 2.24) is 0 Å². The predicted molar refractivity (Wildman–Crippen MR) is 158 cm³/mol. The van der Waals surface area contributed by atoms with Crippen LogP contribution in [0.1, 0.15) is 23.6 Å². The highest BCUT2D eigenvalue weighted by Gasteiger charge is 2.15. The van der Waals surface area contributed by atoms with Crippen LogP contribution in [-0.2, 0) is 18.0 Å². The number of ether oxygens (including phenoxy) is 3. The molecule has 1 amide bonds. The van der Waals surface area contributed by atoms with Crippen molar-refractivity contribution in [2.24, 2.45) is 0 Å². The Hall–Kier alpha value is -4.44. The van der Waals surface area contributed by atoms with Crippen LogP contribution in [0.2, 0.25) is 10.0 Å². The molecule has 0 aliphatic rings.